The van der Waals surface area contributed by atoms with E-state index in [-0.39, 0.29) is 0 Å². The van der Waals surface area contributed by atoms with Crippen molar-refractivity contribution in [2.45, 2.75) is 201 Å². The number of hydrogen-bond donors (Lipinski definition) is 3. The van der Waals surface area contributed by atoms with Crippen LogP contribution in [0.25, 0.3) is 0 Å². The van der Waals surface area contributed by atoms with E-state index in [2.05, 4.69) is 64.5 Å². The number of rotatable bonds is 0. The molecule has 0 saturated carbocycles. The highest BCUT2D eigenvalue weighted by Crippen LogP contribution is 2.00. The molecule has 0 saturated heterocycles. The topological polar surface area (TPSA) is 208 Å². The number of hydrogen-bond acceptors (Lipinski definition) is 15. The number of nitrogens with zero attached hydrogens (tertiary/aromatic N) is 10. The van der Waals surface area contributed by atoms with Crippen molar-refractivity contribution in [3.63, 3.8) is 0 Å². The fourth-order valence-electron chi connectivity index (χ4n) is 3.05. The van der Waals surface area contributed by atoms with Crippen molar-refractivity contribution in [2.24, 2.45) is 7.05 Å². The molecule has 0 aliphatic rings. The van der Waals surface area contributed by atoms with Crippen molar-refractivity contribution in [3.8, 4) is 0 Å². The third-order valence-electron chi connectivity index (χ3n) is 5.99. The van der Waals surface area contributed by atoms with Gasteiger partial charge in [0.25, 0.3) is 0 Å². The number of aromatic amines is 3. The molecule has 460 valence electrons. The van der Waals surface area contributed by atoms with E-state index in [9.17, 15) is 0 Å². The minimum atomic E-state index is 0.856. The lowest BCUT2D eigenvalue weighted by molar-refractivity contribution is 0.415. The van der Waals surface area contributed by atoms with Crippen LogP contribution >= 0.6 is 34.0 Å². The number of H-pyrrole nitrogens is 3. The van der Waals surface area contributed by atoms with Crippen LogP contribution in [0.3, 0.4) is 0 Å². The Morgan fingerprint density at radius 1 is 0.512 bits per heavy atom. The third kappa shape index (κ3) is 88.1. The van der Waals surface area contributed by atoms with E-state index in [1.54, 1.807) is 121 Å². The molecule has 10 rings (SSSR count). The first-order valence-electron chi connectivity index (χ1n) is 28.0. The monoisotopic (exact) mass is 1170 g/mol. The zero-order valence-corrected chi connectivity index (χ0v) is 58.1. The van der Waals surface area contributed by atoms with Crippen LogP contribution < -0.4 is 0 Å². The summed E-state index contributed by atoms with van der Waals surface area (Å²) in [6.45, 7) is 57.6. The van der Waals surface area contributed by atoms with Gasteiger partial charge in [0.1, 0.15) is 17.8 Å². The molecule has 0 amide bonds. The number of aryl methyl sites for hydroxylation is 10. The van der Waals surface area contributed by atoms with Gasteiger partial charge in [0, 0.05) is 95.4 Å². The molecule has 80 heavy (non-hydrogen) atoms. The molecule has 0 radical (unpaired) electrons. The second kappa shape index (κ2) is 91.9. The second-order valence-electron chi connectivity index (χ2n) is 11.7. The summed E-state index contributed by atoms with van der Waals surface area (Å²) in [7, 11) is 1.94. The summed E-state index contributed by atoms with van der Waals surface area (Å²) in [5.74, 6) is 1.82. The van der Waals surface area contributed by atoms with E-state index in [1.165, 1.54) is 16.8 Å². The summed E-state index contributed by atoms with van der Waals surface area (Å²) in [4.78, 5) is 40.5. The number of thiazole rings is 3. The Kier molecular flexibility index (Phi) is 110. The lowest BCUT2D eigenvalue weighted by Gasteiger charge is -1.76. The van der Waals surface area contributed by atoms with Gasteiger partial charge < -0.3 is 32.9 Å². The Hall–Kier alpha value is -6.57. The van der Waals surface area contributed by atoms with E-state index in [1.807, 2.05) is 253 Å². The Morgan fingerprint density at radius 2 is 1.07 bits per heavy atom. The minimum absolute atomic E-state index is 0.856. The van der Waals surface area contributed by atoms with Crippen molar-refractivity contribution in [1.82, 2.24) is 64.5 Å². The van der Waals surface area contributed by atoms with Crippen molar-refractivity contribution >= 4 is 34.0 Å². The van der Waals surface area contributed by atoms with Crippen LogP contribution in [0, 0.1) is 62.3 Å². The highest BCUT2D eigenvalue weighted by Gasteiger charge is 1.80. The largest absolute Gasteiger partial charge is 0.472 e. The zero-order valence-electron chi connectivity index (χ0n) is 55.6. The molecule has 19 heteroatoms. The molecule has 10 aromatic heterocycles. The molecule has 0 bridgehead atoms. The van der Waals surface area contributed by atoms with Gasteiger partial charge in [-0.25, -0.2) is 24.9 Å². The number of imidazole rings is 4. The van der Waals surface area contributed by atoms with Gasteiger partial charge >= 0.3 is 0 Å². The smallest absolute Gasteiger partial charge is 0.180 e. The summed E-state index contributed by atoms with van der Waals surface area (Å²) in [5.41, 5.74) is 9.08. The maximum Gasteiger partial charge on any atom is 0.180 e. The SMILES string of the molecule is CC.CC.CC.CC.CC.CC.CC.CC.CC.CC.Cc1ccoc1.Cc1ccon1.Cc1cnc[nH]1.Cc1cnc[nH]1.Cc1cnco1.Cc1cncs1.Cc1cscn1.Cc1ncc[nH]1.Cc1nccs1.Cn1ccnc1. The predicted octanol–water partition coefficient (Wildman–Crippen LogP) is 20.7. The van der Waals surface area contributed by atoms with Crippen LogP contribution in [0.4, 0.5) is 0 Å². The molecule has 0 spiro atoms. The minimum Gasteiger partial charge on any atom is -0.472 e. The van der Waals surface area contributed by atoms with Crippen molar-refractivity contribution in [2.75, 3.05) is 0 Å². The summed E-state index contributed by atoms with van der Waals surface area (Å²) in [5, 5.41) is 8.66. The Morgan fingerprint density at radius 3 is 1.19 bits per heavy atom. The molecule has 3 N–H and O–H groups in total. The Balaban J connectivity index is -0.0000000822. The third-order valence-corrected chi connectivity index (χ3v) is 8.11. The second-order valence-corrected chi connectivity index (χ2v) is 14.6. The van der Waals surface area contributed by atoms with Gasteiger partial charge in [-0.3, -0.25) is 15.0 Å². The number of aromatic nitrogens is 13. The van der Waals surface area contributed by atoms with Crippen LogP contribution in [0.2, 0.25) is 0 Å². The first-order chi connectivity index (χ1) is 38.9. The Labute approximate surface area is 500 Å². The van der Waals surface area contributed by atoms with E-state index in [4.69, 9.17) is 8.83 Å². The number of nitrogens with one attached hydrogen (secondary N) is 3. The lowest BCUT2D eigenvalue weighted by atomic mass is 10.4. The molecule has 0 aliphatic carbocycles. The van der Waals surface area contributed by atoms with Crippen LogP contribution in [-0.4, -0.2) is 64.5 Å². The van der Waals surface area contributed by atoms with Gasteiger partial charge in [0.2, 0.25) is 0 Å². The maximum absolute atomic E-state index is 4.72. The quantitative estimate of drug-likeness (QED) is 0.130. The molecule has 10 aromatic rings. The van der Waals surface area contributed by atoms with E-state index in [0.717, 1.165) is 39.4 Å². The van der Waals surface area contributed by atoms with Crippen LogP contribution in [0.5, 0.6) is 0 Å². The normalized spacial score (nSPS) is 7.38. The van der Waals surface area contributed by atoms with Crippen LogP contribution in [0.1, 0.15) is 188 Å². The van der Waals surface area contributed by atoms with Crippen molar-refractivity contribution in [3.05, 3.63) is 184 Å². The first-order valence-corrected chi connectivity index (χ1v) is 30.7. The maximum atomic E-state index is 4.72. The molecule has 0 atom stereocenters. The van der Waals surface area contributed by atoms with Crippen molar-refractivity contribution in [1.29, 1.82) is 0 Å². The molecular weight excluding hydrogens is 1060 g/mol. The zero-order chi connectivity index (χ0) is 64.1. The molecule has 10 heterocycles. The summed E-state index contributed by atoms with van der Waals surface area (Å²) < 4.78 is 15.8. The highest BCUT2D eigenvalue weighted by molar-refractivity contribution is 7.09. The number of furan rings is 1. The molecule has 0 unspecified atom stereocenters. The van der Waals surface area contributed by atoms with Crippen LogP contribution in [-0.2, 0) is 7.05 Å². The fourth-order valence-corrected chi connectivity index (χ4v) is 4.45. The van der Waals surface area contributed by atoms with E-state index < -0.39 is 0 Å². The van der Waals surface area contributed by atoms with Gasteiger partial charge in [-0.2, -0.15) is 0 Å². The molecule has 0 aromatic carbocycles. The van der Waals surface area contributed by atoms with Gasteiger partial charge in [0.05, 0.1) is 59.4 Å². The van der Waals surface area contributed by atoms with Gasteiger partial charge in [-0.1, -0.05) is 144 Å². The summed E-state index contributed by atoms with van der Waals surface area (Å²) in [6.07, 6.45) is 27.5. The molecule has 16 nitrogen and oxygen atoms in total. The van der Waals surface area contributed by atoms with Gasteiger partial charge in [0.15, 0.2) is 6.39 Å². The number of oxazole rings is 1. The average Bonchev–Trinajstić information content (AvgIpc) is 4.32. The first kappa shape index (κ1) is 95.7. The van der Waals surface area contributed by atoms with E-state index in [0.29, 0.717) is 0 Å². The molecule has 0 fully saturated rings. The van der Waals surface area contributed by atoms with Gasteiger partial charge in [-0.15, -0.1) is 34.0 Å². The lowest BCUT2D eigenvalue weighted by Crippen LogP contribution is -1.76. The van der Waals surface area contributed by atoms with Crippen LogP contribution in [0.15, 0.2) is 147 Å². The van der Waals surface area contributed by atoms with Crippen molar-refractivity contribution < 1.29 is 13.4 Å². The van der Waals surface area contributed by atoms with Gasteiger partial charge in [-0.05, 0) is 73.9 Å². The average molecular weight is 1170 g/mol. The fraction of sp³-hybridized carbons (Fsp3) is 0.492. The van der Waals surface area contributed by atoms with E-state index >= 15 is 0 Å². The summed E-state index contributed by atoms with van der Waals surface area (Å²) in [6, 6.07) is 3.72. The predicted molar refractivity (Wildman–Crippen MR) is 353 cm³/mol. The molecule has 0 aliphatic heterocycles. The highest BCUT2D eigenvalue weighted by atomic mass is 32.1. The summed E-state index contributed by atoms with van der Waals surface area (Å²) >= 11 is 4.96. The molecular formula is C61H115N13O3S3. The Bertz CT molecular complexity index is 1660. The standard InChI is InChI=1S/C5H6O.4C4H6N2.2C4H5NO.3C4H5NS.10C2H6/c1-5-2-3-6-4-5;2*1-4-2-5-3-6-4;1-6-3-2-5-4-6;1-4-5-2-3-6-4;1-4-2-5-3-6-4;1-4-2-3-6-5-4;1-4-2-6-3-5-4;1-4-2-5-3-6-4;1-4-5-2-3-6-4;10*1-2/h2-4H,1H3;2*2-3H,1H3,(H,5,6);2-4H,1H3;2-3H,1H3,(H,5,6);5*2-3H,1H3;10*1-2H3.